The van der Waals surface area contributed by atoms with Crippen molar-refractivity contribution in [2.24, 2.45) is 5.73 Å². The second-order valence-corrected chi connectivity index (χ2v) is 6.18. The number of nitrogens with zero attached hydrogens (tertiary/aromatic N) is 3. The van der Waals surface area contributed by atoms with Crippen molar-refractivity contribution in [2.45, 2.75) is 25.3 Å². The van der Waals surface area contributed by atoms with Crippen LogP contribution in [0.1, 0.15) is 36.1 Å². The second-order valence-electron chi connectivity index (χ2n) is 5.06. The molecule has 0 bridgehead atoms. The number of halogens is 2. The monoisotopic (exact) mass is 314 g/mol. The largest absolute Gasteiger partial charge is 0.414 e. The van der Waals surface area contributed by atoms with Crippen LogP contribution < -0.4 is 5.73 Å². The van der Waals surface area contributed by atoms with E-state index in [0.29, 0.717) is 4.88 Å². The van der Waals surface area contributed by atoms with E-state index in [1.54, 1.807) is 6.07 Å². The summed E-state index contributed by atoms with van der Waals surface area (Å²) in [6.07, 6.45) is -0.301. The third kappa shape index (κ3) is 3.28. The number of alkyl halides is 2. The fourth-order valence-electron chi connectivity index (χ4n) is 2.42. The van der Waals surface area contributed by atoms with Crippen molar-refractivity contribution in [3.05, 3.63) is 22.9 Å². The van der Waals surface area contributed by atoms with Gasteiger partial charge in [0.05, 0.1) is 10.9 Å². The topological polar surface area (TPSA) is 68.2 Å². The summed E-state index contributed by atoms with van der Waals surface area (Å²) in [6.45, 7) is 2.99. The van der Waals surface area contributed by atoms with Crippen LogP contribution in [0.2, 0.25) is 0 Å². The fourth-order valence-corrected chi connectivity index (χ4v) is 3.34. The third-order valence-corrected chi connectivity index (χ3v) is 4.69. The molecule has 0 spiro atoms. The minimum atomic E-state index is -2.75. The Morgan fingerprint density at radius 2 is 2.05 bits per heavy atom. The number of hydrogen-bond acceptors (Lipinski definition) is 6. The van der Waals surface area contributed by atoms with E-state index >= 15 is 0 Å². The van der Waals surface area contributed by atoms with E-state index in [-0.39, 0.29) is 11.9 Å². The van der Waals surface area contributed by atoms with Crippen molar-refractivity contribution in [3.8, 4) is 10.8 Å². The van der Waals surface area contributed by atoms with Crippen LogP contribution in [0.15, 0.2) is 16.5 Å². The first kappa shape index (κ1) is 14.6. The van der Waals surface area contributed by atoms with E-state index in [1.165, 1.54) is 24.2 Å². The van der Waals surface area contributed by atoms with Gasteiger partial charge >= 0.3 is 6.43 Å². The number of thiophene rings is 1. The predicted molar refractivity (Wildman–Crippen MR) is 75.2 cm³/mol. The van der Waals surface area contributed by atoms with Crippen LogP contribution >= 0.6 is 11.3 Å². The third-order valence-electron chi connectivity index (χ3n) is 3.48. The SMILES string of the molecule is NC(CN1CCCC1)c1ccc(-c2nnc(C(F)F)o2)s1. The molecule has 1 aliphatic heterocycles. The molecule has 1 aliphatic rings. The van der Waals surface area contributed by atoms with Crippen LogP contribution in [-0.4, -0.2) is 34.7 Å². The lowest BCUT2D eigenvalue weighted by Crippen LogP contribution is -2.29. The van der Waals surface area contributed by atoms with Crippen LogP contribution in [0, 0.1) is 0 Å². The zero-order chi connectivity index (χ0) is 14.8. The molecule has 2 aromatic rings. The van der Waals surface area contributed by atoms with Crippen molar-refractivity contribution < 1.29 is 13.2 Å². The van der Waals surface area contributed by atoms with Gasteiger partial charge in [0, 0.05) is 11.4 Å². The van der Waals surface area contributed by atoms with E-state index in [1.807, 2.05) is 6.07 Å². The Morgan fingerprint density at radius 3 is 2.71 bits per heavy atom. The zero-order valence-corrected chi connectivity index (χ0v) is 12.2. The van der Waals surface area contributed by atoms with E-state index in [4.69, 9.17) is 10.2 Å². The summed E-state index contributed by atoms with van der Waals surface area (Å²) < 4.78 is 29.8. The summed E-state index contributed by atoms with van der Waals surface area (Å²) in [6, 6.07) is 3.60. The highest BCUT2D eigenvalue weighted by atomic mass is 32.1. The number of nitrogens with two attached hydrogens (primary N) is 1. The van der Waals surface area contributed by atoms with Gasteiger partial charge in [-0.3, -0.25) is 0 Å². The highest BCUT2D eigenvalue weighted by Gasteiger charge is 2.20. The van der Waals surface area contributed by atoms with Gasteiger partial charge in [-0.15, -0.1) is 21.5 Å². The lowest BCUT2D eigenvalue weighted by atomic mass is 10.2. The Bertz CT molecular complexity index is 595. The van der Waals surface area contributed by atoms with Gasteiger partial charge in [0.1, 0.15) is 0 Å². The predicted octanol–water partition coefficient (Wildman–Crippen LogP) is 2.83. The van der Waals surface area contributed by atoms with E-state index in [2.05, 4.69) is 15.1 Å². The summed E-state index contributed by atoms with van der Waals surface area (Å²) in [4.78, 5) is 4.00. The van der Waals surface area contributed by atoms with E-state index in [0.717, 1.165) is 24.5 Å². The van der Waals surface area contributed by atoms with Crippen molar-refractivity contribution in [1.29, 1.82) is 0 Å². The van der Waals surface area contributed by atoms with Gasteiger partial charge in [-0.25, -0.2) is 0 Å². The Kier molecular flexibility index (Phi) is 4.27. The van der Waals surface area contributed by atoms with Gasteiger partial charge in [-0.2, -0.15) is 8.78 Å². The lowest BCUT2D eigenvalue weighted by Gasteiger charge is -2.18. The van der Waals surface area contributed by atoms with Gasteiger partial charge in [-0.05, 0) is 38.1 Å². The highest BCUT2D eigenvalue weighted by molar-refractivity contribution is 7.15. The van der Waals surface area contributed by atoms with Crippen LogP contribution in [0.25, 0.3) is 10.8 Å². The molecule has 5 nitrogen and oxygen atoms in total. The van der Waals surface area contributed by atoms with Crippen molar-refractivity contribution in [1.82, 2.24) is 15.1 Å². The minimum absolute atomic E-state index is 0.0839. The number of likely N-dealkylation sites (tertiary alicyclic amines) is 1. The summed E-state index contributed by atoms with van der Waals surface area (Å²) in [5.74, 6) is -0.531. The van der Waals surface area contributed by atoms with Crippen molar-refractivity contribution >= 4 is 11.3 Å². The Morgan fingerprint density at radius 1 is 1.29 bits per heavy atom. The molecule has 0 aromatic carbocycles. The van der Waals surface area contributed by atoms with Crippen molar-refractivity contribution in [2.75, 3.05) is 19.6 Å². The van der Waals surface area contributed by atoms with Gasteiger partial charge in [0.15, 0.2) is 0 Å². The Hall–Kier alpha value is -1.38. The maximum Gasteiger partial charge on any atom is 0.314 e. The highest BCUT2D eigenvalue weighted by Crippen LogP contribution is 2.31. The van der Waals surface area contributed by atoms with Gasteiger partial charge in [0.25, 0.3) is 11.8 Å². The Balaban J connectivity index is 1.69. The molecule has 2 N–H and O–H groups in total. The molecular weight excluding hydrogens is 298 g/mol. The summed E-state index contributed by atoms with van der Waals surface area (Å²) in [5, 5.41) is 6.98. The van der Waals surface area contributed by atoms with Gasteiger partial charge < -0.3 is 15.1 Å². The summed E-state index contributed by atoms with van der Waals surface area (Å²) >= 11 is 1.41. The number of hydrogen-bond donors (Lipinski definition) is 1. The molecule has 1 saturated heterocycles. The van der Waals surface area contributed by atoms with Gasteiger partial charge in [0.2, 0.25) is 0 Å². The fraction of sp³-hybridized carbons (Fsp3) is 0.538. The standard InChI is InChI=1S/C13H16F2N4OS/c14-11(15)13-18-17-12(20-13)10-4-3-9(21-10)8(16)7-19-5-1-2-6-19/h3-4,8,11H,1-2,5-7,16H2. The quantitative estimate of drug-likeness (QED) is 0.919. The summed E-state index contributed by atoms with van der Waals surface area (Å²) in [5.41, 5.74) is 6.20. The van der Waals surface area contributed by atoms with Crippen LogP contribution in [0.4, 0.5) is 8.78 Å². The zero-order valence-electron chi connectivity index (χ0n) is 11.3. The van der Waals surface area contributed by atoms with Crippen molar-refractivity contribution in [3.63, 3.8) is 0 Å². The molecule has 8 heteroatoms. The second kappa shape index (κ2) is 6.17. The molecule has 1 fully saturated rings. The molecule has 21 heavy (non-hydrogen) atoms. The molecule has 3 heterocycles. The molecule has 3 rings (SSSR count). The molecule has 114 valence electrons. The minimum Gasteiger partial charge on any atom is -0.414 e. The van der Waals surface area contributed by atoms with E-state index < -0.39 is 12.3 Å². The molecule has 0 saturated carbocycles. The molecule has 0 aliphatic carbocycles. The first-order valence-corrected chi connectivity index (χ1v) is 7.64. The van der Waals surface area contributed by atoms with Crippen LogP contribution in [-0.2, 0) is 0 Å². The Labute approximate surface area is 124 Å². The normalized spacial score (nSPS) is 17.7. The lowest BCUT2D eigenvalue weighted by molar-refractivity contribution is 0.116. The molecule has 0 radical (unpaired) electrons. The molecule has 1 unspecified atom stereocenters. The first-order valence-electron chi connectivity index (χ1n) is 6.83. The smallest absolute Gasteiger partial charge is 0.314 e. The van der Waals surface area contributed by atoms with Crippen LogP contribution in [0.3, 0.4) is 0 Å². The maximum absolute atomic E-state index is 12.4. The average Bonchev–Trinajstić information content (AvgIpc) is 3.19. The molecule has 1 atom stereocenters. The molecule has 0 amide bonds. The average molecular weight is 314 g/mol. The van der Waals surface area contributed by atoms with Crippen LogP contribution in [0.5, 0.6) is 0 Å². The van der Waals surface area contributed by atoms with E-state index in [9.17, 15) is 8.78 Å². The number of aromatic nitrogens is 2. The summed E-state index contributed by atoms with van der Waals surface area (Å²) in [7, 11) is 0. The van der Waals surface area contributed by atoms with Gasteiger partial charge in [-0.1, -0.05) is 0 Å². The molecule has 2 aromatic heterocycles. The first-order chi connectivity index (χ1) is 10.1. The number of rotatable bonds is 5. The molecular formula is C13H16F2N4OS. The maximum atomic E-state index is 12.4.